The summed E-state index contributed by atoms with van der Waals surface area (Å²) in [4.78, 5) is 5.66. The van der Waals surface area contributed by atoms with Gasteiger partial charge in [-0.25, -0.2) is 0 Å². The van der Waals surface area contributed by atoms with Gasteiger partial charge in [-0.05, 0) is 24.1 Å². The van der Waals surface area contributed by atoms with E-state index in [4.69, 9.17) is 11.6 Å². The highest BCUT2D eigenvalue weighted by Crippen LogP contribution is 2.29. The van der Waals surface area contributed by atoms with Crippen LogP contribution < -0.4 is 0 Å². The number of hydrogen-bond donors (Lipinski definition) is 0. The summed E-state index contributed by atoms with van der Waals surface area (Å²) in [6.45, 7) is 0. The second-order valence-corrected chi connectivity index (χ2v) is 5.66. The highest BCUT2D eigenvalue weighted by Gasteiger charge is 2.09. The smallest absolute Gasteiger partial charge is 0.0794 e. The van der Waals surface area contributed by atoms with E-state index < -0.39 is 0 Å². The van der Waals surface area contributed by atoms with Crippen molar-refractivity contribution in [3.8, 4) is 0 Å². The molecular formula is C11H9BrClNS. The molecule has 0 aliphatic carbocycles. The number of alkyl halides is 1. The molecule has 0 saturated carbocycles. The van der Waals surface area contributed by atoms with Crippen LogP contribution >= 0.6 is 38.9 Å². The molecule has 0 N–H and O–H groups in total. The third kappa shape index (κ3) is 3.03. The molecule has 15 heavy (non-hydrogen) atoms. The Bertz CT molecular complexity index is 413. The minimum Gasteiger partial charge on any atom is -0.253 e. The summed E-state index contributed by atoms with van der Waals surface area (Å²) in [5.74, 6) is 0. The van der Waals surface area contributed by atoms with Crippen LogP contribution in [-0.2, 0) is 6.42 Å². The van der Waals surface area contributed by atoms with E-state index in [1.54, 1.807) is 11.3 Å². The fraction of sp³-hybridized carbons (Fsp3) is 0.182. The van der Waals surface area contributed by atoms with Gasteiger partial charge in [0.15, 0.2) is 0 Å². The van der Waals surface area contributed by atoms with Crippen molar-refractivity contribution in [2.24, 2.45) is 0 Å². The molecule has 0 saturated heterocycles. The predicted octanol–water partition coefficient (Wildman–Crippen LogP) is 4.48. The summed E-state index contributed by atoms with van der Waals surface area (Å²) in [5.41, 5.74) is 3.13. The molecule has 2 rings (SSSR count). The number of rotatable bonds is 3. The lowest BCUT2D eigenvalue weighted by Crippen LogP contribution is -1.92. The Morgan fingerprint density at radius 1 is 1.33 bits per heavy atom. The number of thiazole rings is 1. The minimum absolute atomic E-state index is 0.339. The zero-order chi connectivity index (χ0) is 10.7. The molecule has 1 aromatic carbocycles. The highest BCUT2D eigenvalue weighted by atomic mass is 79.9. The Kier molecular flexibility index (Phi) is 3.78. The Morgan fingerprint density at radius 3 is 2.67 bits per heavy atom. The second kappa shape index (κ2) is 5.10. The van der Waals surface area contributed by atoms with Crippen molar-refractivity contribution in [3.05, 3.63) is 51.4 Å². The third-order valence-corrected chi connectivity index (χ3v) is 4.35. The Morgan fingerprint density at radius 2 is 2.07 bits per heavy atom. The van der Waals surface area contributed by atoms with Crippen molar-refractivity contribution in [2.75, 3.05) is 0 Å². The molecule has 0 amide bonds. The first-order chi connectivity index (χ1) is 7.25. The lowest BCUT2D eigenvalue weighted by molar-refractivity contribution is 0.965. The van der Waals surface area contributed by atoms with Crippen LogP contribution in [0.15, 0.2) is 36.0 Å². The first kappa shape index (κ1) is 11.1. The molecule has 78 valence electrons. The summed E-state index contributed by atoms with van der Waals surface area (Å²) < 4.78 is 0. The summed E-state index contributed by atoms with van der Waals surface area (Å²) in [6, 6.07) is 7.95. The van der Waals surface area contributed by atoms with Crippen LogP contribution in [0.5, 0.6) is 0 Å². The number of hydrogen-bond acceptors (Lipinski definition) is 2. The Hall–Kier alpha value is -0.380. The average Bonchev–Trinajstić information content (AvgIpc) is 2.74. The van der Waals surface area contributed by atoms with Gasteiger partial charge in [-0.3, -0.25) is 4.98 Å². The van der Waals surface area contributed by atoms with Crippen molar-refractivity contribution in [1.82, 2.24) is 4.98 Å². The Labute approximate surface area is 106 Å². The average molecular weight is 303 g/mol. The molecule has 0 spiro atoms. The van der Waals surface area contributed by atoms with Crippen molar-refractivity contribution >= 4 is 38.9 Å². The van der Waals surface area contributed by atoms with Gasteiger partial charge in [0, 0.05) is 16.1 Å². The van der Waals surface area contributed by atoms with Gasteiger partial charge in [0.1, 0.15) is 0 Å². The maximum Gasteiger partial charge on any atom is 0.0794 e. The van der Waals surface area contributed by atoms with Gasteiger partial charge in [0.25, 0.3) is 0 Å². The van der Waals surface area contributed by atoms with Crippen molar-refractivity contribution in [1.29, 1.82) is 0 Å². The minimum atomic E-state index is 0.339. The molecule has 1 heterocycles. The second-order valence-electron chi connectivity index (χ2n) is 3.20. The SMILES string of the molecule is Clc1ccc(CC(Br)c2cncs2)cc1. The summed E-state index contributed by atoms with van der Waals surface area (Å²) in [7, 11) is 0. The number of halogens is 2. The Balaban J connectivity index is 2.06. The first-order valence-electron chi connectivity index (χ1n) is 4.52. The van der Waals surface area contributed by atoms with Crippen LogP contribution in [0.3, 0.4) is 0 Å². The predicted molar refractivity (Wildman–Crippen MR) is 68.9 cm³/mol. The standard InChI is InChI=1S/C11H9BrClNS/c12-10(11-6-14-7-15-11)5-8-1-3-9(13)4-2-8/h1-4,6-7,10H,5H2. The van der Waals surface area contributed by atoms with Crippen LogP contribution in [0.2, 0.25) is 5.02 Å². The number of nitrogens with zero attached hydrogens (tertiary/aromatic N) is 1. The van der Waals surface area contributed by atoms with Gasteiger partial charge >= 0.3 is 0 Å². The van der Waals surface area contributed by atoms with Crippen molar-refractivity contribution in [2.45, 2.75) is 11.2 Å². The molecule has 1 atom stereocenters. The monoisotopic (exact) mass is 301 g/mol. The molecule has 4 heteroatoms. The topological polar surface area (TPSA) is 12.9 Å². The van der Waals surface area contributed by atoms with Gasteiger partial charge < -0.3 is 0 Å². The van der Waals surface area contributed by atoms with Crippen LogP contribution in [0.4, 0.5) is 0 Å². The molecular weight excluding hydrogens is 294 g/mol. The van der Waals surface area contributed by atoms with Crippen LogP contribution in [0.25, 0.3) is 0 Å². The molecule has 1 aromatic heterocycles. The maximum absolute atomic E-state index is 5.83. The molecule has 0 fully saturated rings. The summed E-state index contributed by atoms with van der Waals surface area (Å²) in [6.07, 6.45) is 2.86. The molecule has 1 unspecified atom stereocenters. The lowest BCUT2D eigenvalue weighted by atomic mass is 10.1. The third-order valence-electron chi connectivity index (χ3n) is 2.09. The molecule has 0 aliphatic heterocycles. The summed E-state index contributed by atoms with van der Waals surface area (Å²) >= 11 is 11.2. The van der Waals surface area contributed by atoms with E-state index in [0.29, 0.717) is 4.83 Å². The van der Waals surface area contributed by atoms with E-state index in [2.05, 4.69) is 33.0 Å². The fourth-order valence-corrected chi connectivity index (χ4v) is 2.85. The van der Waals surface area contributed by atoms with E-state index in [9.17, 15) is 0 Å². The zero-order valence-electron chi connectivity index (χ0n) is 7.86. The van der Waals surface area contributed by atoms with E-state index in [1.807, 2.05) is 23.8 Å². The zero-order valence-corrected chi connectivity index (χ0v) is 11.0. The van der Waals surface area contributed by atoms with Gasteiger partial charge in [-0.15, -0.1) is 11.3 Å². The quantitative estimate of drug-likeness (QED) is 0.762. The van der Waals surface area contributed by atoms with Crippen molar-refractivity contribution in [3.63, 3.8) is 0 Å². The van der Waals surface area contributed by atoms with E-state index in [0.717, 1.165) is 11.4 Å². The van der Waals surface area contributed by atoms with Gasteiger partial charge in [-0.1, -0.05) is 39.7 Å². The first-order valence-corrected chi connectivity index (χ1v) is 6.70. The molecule has 0 aliphatic rings. The molecule has 0 radical (unpaired) electrons. The van der Waals surface area contributed by atoms with Gasteiger partial charge in [-0.2, -0.15) is 0 Å². The van der Waals surface area contributed by atoms with Crippen molar-refractivity contribution < 1.29 is 0 Å². The highest BCUT2D eigenvalue weighted by molar-refractivity contribution is 9.09. The number of aromatic nitrogens is 1. The normalized spacial score (nSPS) is 12.7. The molecule has 0 bridgehead atoms. The maximum atomic E-state index is 5.83. The van der Waals surface area contributed by atoms with Crippen LogP contribution in [0, 0.1) is 0 Å². The molecule has 1 nitrogen and oxygen atoms in total. The van der Waals surface area contributed by atoms with E-state index in [1.165, 1.54) is 10.4 Å². The van der Waals surface area contributed by atoms with Crippen LogP contribution in [-0.4, -0.2) is 4.98 Å². The fourth-order valence-electron chi connectivity index (χ4n) is 1.31. The molecule has 2 aromatic rings. The number of benzene rings is 1. The van der Waals surface area contributed by atoms with Gasteiger partial charge in [0.2, 0.25) is 0 Å². The summed E-state index contributed by atoms with van der Waals surface area (Å²) in [5, 5.41) is 0.780. The van der Waals surface area contributed by atoms with Crippen LogP contribution in [0.1, 0.15) is 15.3 Å². The largest absolute Gasteiger partial charge is 0.253 e. The lowest BCUT2D eigenvalue weighted by Gasteiger charge is -2.06. The van der Waals surface area contributed by atoms with E-state index >= 15 is 0 Å². The van der Waals surface area contributed by atoms with Gasteiger partial charge in [0.05, 0.1) is 10.3 Å². The van der Waals surface area contributed by atoms with E-state index in [-0.39, 0.29) is 0 Å².